The van der Waals surface area contributed by atoms with Crippen molar-refractivity contribution >= 4 is 7.85 Å². The highest BCUT2D eigenvalue weighted by molar-refractivity contribution is 6.14. The van der Waals surface area contributed by atoms with Gasteiger partial charge in [-0.3, -0.25) is 0 Å². The second-order valence-corrected chi connectivity index (χ2v) is 3.52. The van der Waals surface area contributed by atoms with E-state index < -0.39 is 0 Å². The fourth-order valence-electron chi connectivity index (χ4n) is 0. The van der Waals surface area contributed by atoms with Crippen LogP contribution in [-0.4, -0.2) is 7.85 Å². The van der Waals surface area contributed by atoms with Crippen molar-refractivity contribution in [1.29, 1.82) is 0 Å². The first-order chi connectivity index (χ1) is 2.94. The smallest absolute Gasteiger partial charge is 0.109 e. The third-order valence-corrected chi connectivity index (χ3v) is 1.73. The van der Waals surface area contributed by atoms with Crippen LogP contribution in [0, 0.1) is 5.92 Å². The first kappa shape index (κ1) is 10.9. The molecule has 0 spiro atoms. The van der Waals surface area contributed by atoms with Gasteiger partial charge in [-0.1, -0.05) is 33.0 Å². The summed E-state index contributed by atoms with van der Waals surface area (Å²) in [6, 6.07) is 0. The summed E-state index contributed by atoms with van der Waals surface area (Å²) in [6.07, 6.45) is 0. The first-order valence-electron chi connectivity index (χ1n) is 2.94. The molecule has 0 fully saturated rings. The molecule has 0 heterocycles. The molecule has 0 aliphatic carbocycles. The topological polar surface area (TPSA) is 35.0 Å². The molecule has 0 atom stereocenters. The molecule has 3 N–H and O–H groups in total. The van der Waals surface area contributed by atoms with Gasteiger partial charge in [0, 0.05) is 0 Å². The SMILES string of the molecule is BC(C)(C)C(C)C.N. The lowest BCUT2D eigenvalue weighted by molar-refractivity contribution is 0.480. The normalized spacial score (nSPS) is 11.1. The van der Waals surface area contributed by atoms with Crippen LogP contribution in [0.2, 0.25) is 5.31 Å². The van der Waals surface area contributed by atoms with E-state index in [1.54, 1.807) is 0 Å². The van der Waals surface area contributed by atoms with E-state index in [4.69, 9.17) is 0 Å². The minimum Gasteiger partial charge on any atom is -0.344 e. The minimum atomic E-state index is 0. The van der Waals surface area contributed by atoms with E-state index in [1.165, 1.54) is 0 Å². The molecule has 0 amide bonds. The molecule has 50 valence electrons. The van der Waals surface area contributed by atoms with Gasteiger partial charge < -0.3 is 6.15 Å². The quantitative estimate of drug-likeness (QED) is 0.518. The molecule has 0 aromatic carbocycles. The van der Waals surface area contributed by atoms with E-state index in [9.17, 15) is 0 Å². The van der Waals surface area contributed by atoms with Crippen molar-refractivity contribution in [2.75, 3.05) is 0 Å². The Bertz CT molecular complexity index is 54.0. The van der Waals surface area contributed by atoms with Crippen LogP contribution in [0.25, 0.3) is 0 Å². The molecular weight excluding hydrogens is 96.9 g/mol. The van der Waals surface area contributed by atoms with Gasteiger partial charge in [-0.05, 0) is 5.92 Å². The highest BCUT2D eigenvalue weighted by Crippen LogP contribution is 2.28. The Morgan fingerprint density at radius 1 is 1.25 bits per heavy atom. The van der Waals surface area contributed by atoms with Gasteiger partial charge in [-0.2, -0.15) is 0 Å². The van der Waals surface area contributed by atoms with E-state index in [-0.39, 0.29) is 6.15 Å². The lowest BCUT2D eigenvalue weighted by atomic mass is 9.65. The molecule has 8 heavy (non-hydrogen) atoms. The van der Waals surface area contributed by atoms with Crippen LogP contribution in [0.1, 0.15) is 27.7 Å². The maximum Gasteiger partial charge on any atom is 0.109 e. The fourth-order valence-corrected chi connectivity index (χ4v) is 0. The summed E-state index contributed by atoms with van der Waals surface area (Å²) in [5, 5.41) is 0.500. The molecule has 0 radical (unpaired) electrons. The molecule has 0 bridgehead atoms. The Labute approximate surface area is 53.9 Å². The van der Waals surface area contributed by atoms with Gasteiger partial charge in [0.05, 0.1) is 0 Å². The van der Waals surface area contributed by atoms with Crippen LogP contribution < -0.4 is 6.15 Å². The molecule has 0 aliphatic rings. The predicted molar refractivity (Wildman–Crippen MR) is 42.4 cm³/mol. The number of hydrogen-bond donors (Lipinski definition) is 1. The summed E-state index contributed by atoms with van der Waals surface area (Å²) in [5.74, 6) is 0.799. The summed E-state index contributed by atoms with van der Waals surface area (Å²) in [6.45, 7) is 9.02. The van der Waals surface area contributed by atoms with E-state index in [0.717, 1.165) is 5.92 Å². The van der Waals surface area contributed by atoms with E-state index in [2.05, 4.69) is 35.5 Å². The maximum absolute atomic E-state index is 2.26. The molecule has 0 saturated heterocycles. The lowest BCUT2D eigenvalue weighted by Crippen LogP contribution is -2.09. The fraction of sp³-hybridized carbons (Fsp3) is 1.00. The summed E-state index contributed by atoms with van der Waals surface area (Å²) in [5.41, 5.74) is 0. The molecule has 0 rings (SSSR count). The molecule has 0 unspecified atom stereocenters. The highest BCUT2D eigenvalue weighted by atomic mass is 14.1. The van der Waals surface area contributed by atoms with Crippen molar-refractivity contribution in [2.45, 2.75) is 33.0 Å². The number of rotatable bonds is 1. The van der Waals surface area contributed by atoms with Crippen LogP contribution in [0.3, 0.4) is 0 Å². The summed E-state index contributed by atoms with van der Waals surface area (Å²) < 4.78 is 0. The van der Waals surface area contributed by atoms with Crippen LogP contribution in [-0.2, 0) is 0 Å². The number of hydrogen-bond acceptors (Lipinski definition) is 1. The molecule has 0 aliphatic heterocycles. The third kappa shape index (κ3) is 4.19. The maximum atomic E-state index is 2.26. The van der Waals surface area contributed by atoms with Gasteiger partial charge in [0.25, 0.3) is 0 Å². The average molecular weight is 115 g/mol. The Kier molecular flexibility index (Phi) is 4.27. The van der Waals surface area contributed by atoms with Crippen molar-refractivity contribution in [3.05, 3.63) is 0 Å². The van der Waals surface area contributed by atoms with Gasteiger partial charge in [0.2, 0.25) is 0 Å². The molecule has 0 aromatic rings. The average Bonchev–Trinajstić information content (AvgIpc) is 1.31. The monoisotopic (exact) mass is 115 g/mol. The van der Waals surface area contributed by atoms with Crippen LogP contribution in [0.15, 0.2) is 0 Å². The van der Waals surface area contributed by atoms with Gasteiger partial charge in [0.15, 0.2) is 0 Å². The summed E-state index contributed by atoms with van der Waals surface area (Å²) in [7, 11) is 2.26. The van der Waals surface area contributed by atoms with Crippen molar-refractivity contribution in [3.63, 3.8) is 0 Å². The van der Waals surface area contributed by atoms with Crippen molar-refractivity contribution in [3.8, 4) is 0 Å². The first-order valence-corrected chi connectivity index (χ1v) is 2.94. The predicted octanol–water partition coefficient (Wildman–Crippen LogP) is 1.64. The van der Waals surface area contributed by atoms with Gasteiger partial charge >= 0.3 is 0 Å². The lowest BCUT2D eigenvalue weighted by Gasteiger charge is -2.22. The zero-order chi connectivity index (χ0) is 6.08. The van der Waals surface area contributed by atoms with Crippen molar-refractivity contribution in [1.82, 2.24) is 6.15 Å². The summed E-state index contributed by atoms with van der Waals surface area (Å²) >= 11 is 0. The van der Waals surface area contributed by atoms with E-state index >= 15 is 0 Å². The van der Waals surface area contributed by atoms with Crippen LogP contribution >= 0.6 is 0 Å². The highest BCUT2D eigenvalue weighted by Gasteiger charge is 2.13. The van der Waals surface area contributed by atoms with Crippen molar-refractivity contribution in [2.24, 2.45) is 5.92 Å². The van der Waals surface area contributed by atoms with Crippen LogP contribution in [0.5, 0.6) is 0 Å². The molecule has 0 saturated carbocycles. The zero-order valence-electron chi connectivity index (χ0n) is 6.78. The standard InChI is InChI=1S/C6H15B.H3N/c1-5(2)6(3,4)7;/h5H,7H2,1-4H3;1H3. The Balaban J connectivity index is 0. The molecule has 0 aromatic heterocycles. The van der Waals surface area contributed by atoms with Crippen molar-refractivity contribution < 1.29 is 0 Å². The molecule has 1 nitrogen and oxygen atoms in total. The zero-order valence-corrected chi connectivity index (χ0v) is 6.78. The Morgan fingerprint density at radius 2 is 1.38 bits per heavy atom. The van der Waals surface area contributed by atoms with Crippen LogP contribution in [0.4, 0.5) is 0 Å². The van der Waals surface area contributed by atoms with Gasteiger partial charge in [-0.15, -0.1) is 0 Å². The largest absolute Gasteiger partial charge is 0.344 e. The van der Waals surface area contributed by atoms with Gasteiger partial charge in [0.1, 0.15) is 7.85 Å². The second kappa shape index (κ2) is 3.13. The Morgan fingerprint density at radius 3 is 1.38 bits per heavy atom. The molecular formula is C6H18BN. The minimum absolute atomic E-state index is 0. The third-order valence-electron chi connectivity index (χ3n) is 1.73. The Hall–Kier alpha value is 0.0249. The van der Waals surface area contributed by atoms with Gasteiger partial charge in [-0.25, -0.2) is 0 Å². The summed E-state index contributed by atoms with van der Waals surface area (Å²) in [4.78, 5) is 0. The van der Waals surface area contributed by atoms with E-state index in [1.807, 2.05) is 0 Å². The van der Waals surface area contributed by atoms with E-state index in [0.29, 0.717) is 5.31 Å². The second-order valence-electron chi connectivity index (χ2n) is 3.52. The molecule has 2 heteroatoms.